The number of hydrogen-bond donors (Lipinski definition) is 1. The third-order valence-electron chi connectivity index (χ3n) is 3.24. The predicted octanol–water partition coefficient (Wildman–Crippen LogP) is 0.831. The average molecular weight is 313 g/mol. The molecule has 0 saturated carbocycles. The Balaban J connectivity index is 2.53. The average Bonchev–Trinajstić information content (AvgIpc) is 2.94. The van der Waals surface area contributed by atoms with E-state index >= 15 is 0 Å². The number of thioether (sulfide) groups is 1. The molecule has 21 heavy (non-hydrogen) atoms. The minimum absolute atomic E-state index is 0.0738. The fraction of sp³-hybridized carbons (Fsp3) is 0.545. The lowest BCUT2D eigenvalue weighted by atomic mass is 10.2. The van der Waals surface area contributed by atoms with Crippen LogP contribution in [0.2, 0.25) is 0 Å². The van der Waals surface area contributed by atoms with E-state index in [4.69, 9.17) is 10.5 Å². The number of aromatic nitrogens is 2. The summed E-state index contributed by atoms with van der Waals surface area (Å²) in [5.41, 5.74) is 5.30. The number of nitrogen functional groups attached to an aromatic ring is 1. The van der Waals surface area contributed by atoms with Gasteiger partial charge in [0.05, 0.1) is 12.0 Å². The molecule has 2 N–H and O–H groups in total. The van der Waals surface area contributed by atoms with Crippen molar-refractivity contribution < 1.29 is 14.5 Å². The van der Waals surface area contributed by atoms with Crippen LogP contribution in [0.5, 0.6) is 0 Å². The molecule has 10 heteroatoms. The van der Waals surface area contributed by atoms with Gasteiger partial charge in [0.2, 0.25) is 11.6 Å². The minimum atomic E-state index is -0.624. The van der Waals surface area contributed by atoms with Crippen LogP contribution in [-0.2, 0) is 9.53 Å². The fourth-order valence-electron chi connectivity index (χ4n) is 2.31. The molecular formula is C11H15N5O4S. The van der Waals surface area contributed by atoms with Crippen LogP contribution < -0.4 is 10.6 Å². The first-order valence-corrected chi connectivity index (χ1v) is 7.42. The van der Waals surface area contributed by atoms with E-state index in [1.54, 1.807) is 11.2 Å². The van der Waals surface area contributed by atoms with Gasteiger partial charge in [0.25, 0.3) is 0 Å². The van der Waals surface area contributed by atoms with E-state index in [9.17, 15) is 14.9 Å². The number of nitrogens with two attached hydrogens (primary N) is 1. The van der Waals surface area contributed by atoms with Crippen LogP contribution in [0.25, 0.3) is 0 Å². The predicted molar refractivity (Wildman–Crippen MR) is 77.3 cm³/mol. The molecule has 1 atom stereocenters. The third-order valence-corrected chi connectivity index (χ3v) is 3.78. The maximum Gasteiger partial charge on any atom is 0.353 e. The van der Waals surface area contributed by atoms with Crippen molar-refractivity contribution in [2.75, 3.05) is 30.5 Å². The van der Waals surface area contributed by atoms with Crippen molar-refractivity contribution in [2.24, 2.45) is 0 Å². The highest BCUT2D eigenvalue weighted by molar-refractivity contribution is 7.98. The highest BCUT2D eigenvalue weighted by Gasteiger charge is 2.38. The lowest BCUT2D eigenvalue weighted by molar-refractivity contribution is -0.383. The van der Waals surface area contributed by atoms with Gasteiger partial charge in [-0.05, 0) is 19.1 Å². The van der Waals surface area contributed by atoms with Gasteiger partial charge >= 0.3 is 11.7 Å². The summed E-state index contributed by atoms with van der Waals surface area (Å²) in [5, 5.41) is 11.6. The zero-order valence-electron chi connectivity index (χ0n) is 11.6. The van der Waals surface area contributed by atoms with E-state index in [0.29, 0.717) is 18.1 Å². The van der Waals surface area contributed by atoms with Crippen molar-refractivity contribution in [3.63, 3.8) is 0 Å². The molecule has 1 aromatic rings. The van der Waals surface area contributed by atoms with Gasteiger partial charge in [0, 0.05) is 6.54 Å². The molecule has 1 aliphatic rings. The summed E-state index contributed by atoms with van der Waals surface area (Å²) in [7, 11) is 1.29. The monoisotopic (exact) mass is 313 g/mol. The number of ether oxygens (including phenoxy) is 1. The number of nitro groups is 1. The molecule has 1 aromatic heterocycles. The molecule has 1 fully saturated rings. The summed E-state index contributed by atoms with van der Waals surface area (Å²) < 4.78 is 4.74. The highest BCUT2D eigenvalue weighted by Crippen LogP contribution is 2.36. The Morgan fingerprint density at radius 1 is 1.57 bits per heavy atom. The molecule has 0 spiro atoms. The first-order valence-electron chi connectivity index (χ1n) is 6.20. The van der Waals surface area contributed by atoms with E-state index in [1.807, 2.05) is 0 Å². The highest BCUT2D eigenvalue weighted by atomic mass is 32.2. The van der Waals surface area contributed by atoms with Crippen LogP contribution in [-0.4, -0.2) is 46.8 Å². The Morgan fingerprint density at radius 3 is 2.86 bits per heavy atom. The Bertz CT molecular complexity index is 582. The molecule has 0 aromatic carbocycles. The quantitative estimate of drug-likeness (QED) is 0.283. The summed E-state index contributed by atoms with van der Waals surface area (Å²) >= 11 is 1.22. The van der Waals surface area contributed by atoms with E-state index in [-0.39, 0.29) is 17.3 Å². The van der Waals surface area contributed by atoms with Gasteiger partial charge in [-0.2, -0.15) is 9.97 Å². The van der Waals surface area contributed by atoms with E-state index in [2.05, 4.69) is 9.97 Å². The normalized spacial score (nSPS) is 17.8. The number of hydrogen-bond acceptors (Lipinski definition) is 9. The molecule has 2 heterocycles. The second-order valence-electron chi connectivity index (χ2n) is 4.40. The maximum atomic E-state index is 11.8. The van der Waals surface area contributed by atoms with Crippen molar-refractivity contribution in [3.05, 3.63) is 10.1 Å². The number of carbonyl (C=O) groups excluding carboxylic acids is 1. The van der Waals surface area contributed by atoms with Gasteiger partial charge < -0.3 is 15.4 Å². The summed E-state index contributed by atoms with van der Waals surface area (Å²) in [5.74, 6) is -0.570. The first-order chi connectivity index (χ1) is 9.99. The lowest BCUT2D eigenvalue weighted by Crippen LogP contribution is -2.38. The molecular weight excluding hydrogens is 298 g/mol. The topological polar surface area (TPSA) is 124 Å². The van der Waals surface area contributed by atoms with Gasteiger partial charge in [-0.1, -0.05) is 11.8 Å². The molecule has 0 aliphatic carbocycles. The van der Waals surface area contributed by atoms with Crippen molar-refractivity contribution in [2.45, 2.75) is 24.0 Å². The Hall–Kier alpha value is -2.10. The molecule has 2 rings (SSSR count). The summed E-state index contributed by atoms with van der Waals surface area (Å²) in [6.07, 6.45) is 3.02. The zero-order chi connectivity index (χ0) is 15.6. The fourth-order valence-corrected chi connectivity index (χ4v) is 2.67. The minimum Gasteiger partial charge on any atom is -0.467 e. The van der Waals surface area contributed by atoms with Crippen LogP contribution in [0.4, 0.5) is 17.3 Å². The van der Waals surface area contributed by atoms with Crippen LogP contribution in [0.1, 0.15) is 12.8 Å². The summed E-state index contributed by atoms with van der Waals surface area (Å²) in [6, 6.07) is -0.585. The molecule has 9 nitrogen and oxygen atoms in total. The Labute approximate surface area is 125 Å². The lowest BCUT2D eigenvalue weighted by Gasteiger charge is -2.23. The van der Waals surface area contributed by atoms with Crippen LogP contribution in [0.15, 0.2) is 5.16 Å². The second-order valence-corrected chi connectivity index (χ2v) is 5.17. The maximum absolute atomic E-state index is 11.8. The molecule has 114 valence electrons. The molecule has 0 amide bonds. The second kappa shape index (κ2) is 6.12. The van der Waals surface area contributed by atoms with Gasteiger partial charge in [-0.3, -0.25) is 10.1 Å². The number of rotatable bonds is 4. The van der Waals surface area contributed by atoms with Crippen molar-refractivity contribution in [1.29, 1.82) is 0 Å². The number of nitrogens with zero attached hydrogens (tertiary/aromatic N) is 4. The SMILES string of the molecule is COC(=O)C1CCCN1c1nc(SC)nc(N)c1[N+](=O)[O-]. The number of carbonyl (C=O) groups is 1. The van der Waals surface area contributed by atoms with Crippen molar-refractivity contribution >= 4 is 35.1 Å². The number of esters is 1. The van der Waals surface area contributed by atoms with Crippen LogP contribution in [0.3, 0.4) is 0 Å². The van der Waals surface area contributed by atoms with Crippen LogP contribution >= 0.6 is 11.8 Å². The molecule has 1 saturated heterocycles. The largest absolute Gasteiger partial charge is 0.467 e. The van der Waals surface area contributed by atoms with Gasteiger partial charge in [-0.25, -0.2) is 4.79 Å². The van der Waals surface area contributed by atoms with E-state index < -0.39 is 16.9 Å². The van der Waals surface area contributed by atoms with Gasteiger partial charge in [-0.15, -0.1) is 0 Å². The Morgan fingerprint density at radius 2 is 2.29 bits per heavy atom. The molecule has 0 bridgehead atoms. The van der Waals surface area contributed by atoms with Crippen molar-refractivity contribution in [1.82, 2.24) is 9.97 Å². The first kappa shape index (κ1) is 15.3. The smallest absolute Gasteiger partial charge is 0.353 e. The molecule has 0 radical (unpaired) electrons. The van der Waals surface area contributed by atoms with E-state index in [1.165, 1.54) is 18.9 Å². The van der Waals surface area contributed by atoms with E-state index in [0.717, 1.165) is 6.42 Å². The number of anilines is 2. The van der Waals surface area contributed by atoms with Crippen molar-refractivity contribution in [3.8, 4) is 0 Å². The third kappa shape index (κ3) is 2.84. The summed E-state index contributed by atoms with van der Waals surface area (Å²) in [4.78, 5) is 32.0. The molecule has 1 aliphatic heterocycles. The van der Waals surface area contributed by atoms with Crippen LogP contribution in [0, 0.1) is 10.1 Å². The zero-order valence-corrected chi connectivity index (χ0v) is 12.4. The Kier molecular flexibility index (Phi) is 4.46. The summed E-state index contributed by atoms with van der Waals surface area (Å²) in [6.45, 7) is 0.477. The standard InChI is InChI=1S/C11H15N5O4S/c1-20-10(17)6-4-3-5-15(6)9-7(16(18)19)8(12)13-11(14-9)21-2/h6H,3-5H2,1-2H3,(H2,12,13,14). The molecule has 1 unspecified atom stereocenters. The van der Waals surface area contributed by atoms with Gasteiger partial charge in [0.1, 0.15) is 6.04 Å². The number of methoxy groups -OCH3 is 1. The van der Waals surface area contributed by atoms with Gasteiger partial charge in [0.15, 0.2) is 5.16 Å².